The highest BCUT2D eigenvalue weighted by Gasteiger charge is 2.24. The largest absolute Gasteiger partial charge is 0.349 e. The lowest BCUT2D eigenvalue weighted by atomic mass is 10.0. The van der Waals surface area contributed by atoms with Gasteiger partial charge in [0.2, 0.25) is 0 Å². The van der Waals surface area contributed by atoms with Crippen molar-refractivity contribution in [2.75, 3.05) is 13.1 Å². The van der Waals surface area contributed by atoms with Crippen molar-refractivity contribution in [1.82, 2.24) is 19.8 Å². The molecule has 4 aromatic rings. The predicted molar refractivity (Wildman–Crippen MR) is 136 cm³/mol. The fourth-order valence-corrected chi connectivity index (χ4v) is 5.64. The number of benzene rings is 2. The van der Waals surface area contributed by atoms with Crippen LogP contribution < -0.4 is 10.9 Å². The van der Waals surface area contributed by atoms with Crippen molar-refractivity contribution in [3.05, 3.63) is 98.9 Å². The number of fused-ring (bicyclic) bond motifs is 1. The molecule has 2 aromatic heterocycles. The van der Waals surface area contributed by atoms with E-state index in [2.05, 4.69) is 39.5 Å². The summed E-state index contributed by atoms with van der Waals surface area (Å²) < 4.78 is 1.61. The standard InChI is InChI=1S/C27H28N4O2S/c1-19-23-26(28-18-31(27(23)33)17-21-10-6-3-7-11-21)34-24(19)25(32)29-22-12-14-30(15-13-22)16-20-8-4-2-5-9-20/h2-11,18,22H,12-17H2,1H3,(H,29,32). The predicted octanol–water partition coefficient (Wildman–Crippen LogP) is 4.21. The summed E-state index contributed by atoms with van der Waals surface area (Å²) in [5.41, 5.74) is 2.97. The first-order valence-corrected chi connectivity index (χ1v) is 12.5. The Labute approximate surface area is 202 Å². The van der Waals surface area contributed by atoms with E-state index in [1.54, 1.807) is 10.9 Å². The summed E-state index contributed by atoms with van der Waals surface area (Å²) >= 11 is 1.31. The highest BCUT2D eigenvalue weighted by molar-refractivity contribution is 7.20. The minimum absolute atomic E-state index is 0.101. The Balaban J connectivity index is 1.26. The summed E-state index contributed by atoms with van der Waals surface area (Å²) in [4.78, 5) is 34.4. The van der Waals surface area contributed by atoms with Gasteiger partial charge in [-0.15, -0.1) is 11.3 Å². The van der Waals surface area contributed by atoms with Gasteiger partial charge in [-0.05, 0) is 36.5 Å². The fraction of sp³-hybridized carbons (Fsp3) is 0.296. The molecule has 0 aliphatic carbocycles. The van der Waals surface area contributed by atoms with E-state index in [9.17, 15) is 9.59 Å². The van der Waals surface area contributed by atoms with Gasteiger partial charge >= 0.3 is 0 Å². The minimum atomic E-state index is -0.101. The van der Waals surface area contributed by atoms with Gasteiger partial charge in [-0.2, -0.15) is 0 Å². The molecule has 3 heterocycles. The van der Waals surface area contributed by atoms with E-state index in [1.165, 1.54) is 16.9 Å². The van der Waals surface area contributed by atoms with Crippen LogP contribution in [-0.2, 0) is 13.1 Å². The van der Waals surface area contributed by atoms with Crippen molar-refractivity contribution in [3.63, 3.8) is 0 Å². The van der Waals surface area contributed by atoms with E-state index in [1.807, 2.05) is 43.3 Å². The van der Waals surface area contributed by atoms with Crippen molar-refractivity contribution >= 4 is 27.5 Å². The third-order valence-electron chi connectivity index (χ3n) is 6.49. The topological polar surface area (TPSA) is 67.2 Å². The summed E-state index contributed by atoms with van der Waals surface area (Å²) in [5.74, 6) is -0.101. The molecular formula is C27H28N4O2S. The molecule has 5 rings (SSSR count). The lowest BCUT2D eigenvalue weighted by molar-refractivity contribution is 0.0912. The van der Waals surface area contributed by atoms with Crippen LogP contribution in [0.1, 0.15) is 39.2 Å². The van der Waals surface area contributed by atoms with E-state index in [-0.39, 0.29) is 17.5 Å². The van der Waals surface area contributed by atoms with E-state index in [0.29, 0.717) is 21.6 Å². The number of amides is 1. The number of thiophene rings is 1. The van der Waals surface area contributed by atoms with Gasteiger partial charge in [-0.3, -0.25) is 19.1 Å². The summed E-state index contributed by atoms with van der Waals surface area (Å²) in [5, 5.41) is 3.75. The van der Waals surface area contributed by atoms with Crippen LogP contribution in [0.2, 0.25) is 0 Å². The van der Waals surface area contributed by atoms with Crippen LogP contribution in [0, 0.1) is 6.92 Å². The monoisotopic (exact) mass is 472 g/mol. The Morgan fingerprint density at radius 2 is 1.62 bits per heavy atom. The minimum Gasteiger partial charge on any atom is -0.349 e. The van der Waals surface area contributed by atoms with Crippen LogP contribution >= 0.6 is 11.3 Å². The van der Waals surface area contributed by atoms with Crippen LogP contribution in [0.4, 0.5) is 0 Å². The number of hydrogen-bond acceptors (Lipinski definition) is 5. The SMILES string of the molecule is Cc1c(C(=O)NC2CCN(Cc3ccccc3)CC2)sc2ncn(Cc3ccccc3)c(=O)c12. The zero-order valence-electron chi connectivity index (χ0n) is 19.2. The zero-order chi connectivity index (χ0) is 23.5. The number of likely N-dealkylation sites (tertiary alicyclic amines) is 1. The maximum absolute atomic E-state index is 13.2. The molecule has 0 radical (unpaired) electrons. The molecule has 0 bridgehead atoms. The van der Waals surface area contributed by atoms with Crippen LogP contribution in [0.25, 0.3) is 10.2 Å². The fourth-order valence-electron chi connectivity index (χ4n) is 4.60. The maximum atomic E-state index is 13.2. The maximum Gasteiger partial charge on any atom is 0.262 e. The number of aryl methyl sites for hydroxylation is 1. The van der Waals surface area contributed by atoms with Gasteiger partial charge in [0.05, 0.1) is 23.1 Å². The van der Waals surface area contributed by atoms with E-state index in [0.717, 1.165) is 43.6 Å². The van der Waals surface area contributed by atoms with Crippen molar-refractivity contribution < 1.29 is 4.79 Å². The molecule has 2 aromatic carbocycles. The Hall–Kier alpha value is -3.29. The molecular weight excluding hydrogens is 444 g/mol. The molecule has 1 aliphatic heterocycles. The van der Waals surface area contributed by atoms with Crippen molar-refractivity contribution in [2.45, 2.75) is 38.9 Å². The van der Waals surface area contributed by atoms with E-state index < -0.39 is 0 Å². The van der Waals surface area contributed by atoms with Gasteiger partial charge in [0.1, 0.15) is 4.83 Å². The van der Waals surface area contributed by atoms with E-state index in [4.69, 9.17) is 0 Å². The van der Waals surface area contributed by atoms with Gasteiger partial charge in [-0.1, -0.05) is 60.7 Å². The van der Waals surface area contributed by atoms with Crippen molar-refractivity contribution in [1.29, 1.82) is 0 Å². The molecule has 34 heavy (non-hydrogen) atoms. The average Bonchev–Trinajstić information content (AvgIpc) is 3.20. The molecule has 1 saturated heterocycles. The second kappa shape index (κ2) is 9.91. The van der Waals surface area contributed by atoms with Crippen LogP contribution in [-0.4, -0.2) is 39.5 Å². The molecule has 1 fully saturated rings. The second-order valence-corrected chi connectivity index (χ2v) is 9.91. The quantitative estimate of drug-likeness (QED) is 0.457. The van der Waals surface area contributed by atoms with E-state index >= 15 is 0 Å². The summed E-state index contributed by atoms with van der Waals surface area (Å²) in [6, 6.07) is 20.5. The Morgan fingerprint density at radius 1 is 1.00 bits per heavy atom. The molecule has 0 spiro atoms. The Kier molecular flexibility index (Phi) is 6.56. The number of hydrogen-bond donors (Lipinski definition) is 1. The van der Waals surface area contributed by atoms with Crippen LogP contribution in [0.3, 0.4) is 0 Å². The molecule has 6 nitrogen and oxygen atoms in total. The molecule has 1 amide bonds. The smallest absolute Gasteiger partial charge is 0.262 e. The van der Waals surface area contributed by atoms with Gasteiger partial charge in [0.25, 0.3) is 11.5 Å². The molecule has 0 atom stereocenters. The summed E-state index contributed by atoms with van der Waals surface area (Å²) in [6.07, 6.45) is 3.42. The molecule has 7 heteroatoms. The van der Waals surface area contributed by atoms with Crippen LogP contribution in [0.5, 0.6) is 0 Å². The number of piperidine rings is 1. The Morgan fingerprint density at radius 3 is 2.26 bits per heavy atom. The molecule has 0 saturated carbocycles. The third-order valence-corrected chi connectivity index (χ3v) is 7.69. The highest BCUT2D eigenvalue weighted by atomic mass is 32.1. The number of nitrogens with zero attached hydrogens (tertiary/aromatic N) is 3. The first-order valence-electron chi connectivity index (χ1n) is 11.7. The summed E-state index contributed by atoms with van der Waals surface area (Å²) in [6.45, 7) is 5.17. The van der Waals surface area contributed by atoms with Crippen LogP contribution in [0.15, 0.2) is 71.8 Å². The average molecular weight is 473 g/mol. The van der Waals surface area contributed by atoms with Crippen molar-refractivity contribution in [3.8, 4) is 0 Å². The lowest BCUT2D eigenvalue weighted by Crippen LogP contribution is -2.44. The van der Waals surface area contributed by atoms with Gasteiger partial charge < -0.3 is 5.32 Å². The van der Waals surface area contributed by atoms with Gasteiger partial charge in [-0.25, -0.2) is 4.98 Å². The molecule has 174 valence electrons. The molecule has 1 N–H and O–H groups in total. The molecule has 0 unspecified atom stereocenters. The van der Waals surface area contributed by atoms with Gasteiger partial charge in [0.15, 0.2) is 0 Å². The number of nitrogens with one attached hydrogen (secondary N) is 1. The van der Waals surface area contributed by atoms with Gasteiger partial charge in [0, 0.05) is 25.7 Å². The lowest BCUT2D eigenvalue weighted by Gasteiger charge is -2.32. The number of rotatable bonds is 6. The molecule has 1 aliphatic rings. The number of aromatic nitrogens is 2. The third kappa shape index (κ3) is 4.81. The number of carbonyl (C=O) groups is 1. The first-order chi connectivity index (χ1) is 16.6. The van der Waals surface area contributed by atoms with Crippen molar-refractivity contribution in [2.24, 2.45) is 0 Å². The summed E-state index contributed by atoms with van der Waals surface area (Å²) in [7, 11) is 0. The normalized spacial score (nSPS) is 15.0. The highest BCUT2D eigenvalue weighted by Crippen LogP contribution is 2.27. The Bertz CT molecular complexity index is 1340. The second-order valence-electron chi connectivity index (χ2n) is 8.91. The zero-order valence-corrected chi connectivity index (χ0v) is 20.1. The first kappa shape index (κ1) is 22.5. The number of carbonyl (C=O) groups excluding carboxylic acids is 1.